The normalized spacial score (nSPS) is 13.1. The largest absolute Gasteiger partial charge is 0.347 e. The molecule has 0 unspecified atom stereocenters. The molecule has 0 amide bonds. The number of rotatable bonds is 4. The third-order valence-electron chi connectivity index (χ3n) is 5.06. The lowest BCUT2D eigenvalue weighted by atomic mass is 9.96. The van der Waals surface area contributed by atoms with Crippen molar-refractivity contribution in [1.82, 2.24) is 0 Å². The molecule has 0 aliphatic carbocycles. The number of Topliss-reactive ketones (excluding diaryl/α,β-unsaturated/α-hetero) is 1. The lowest BCUT2D eigenvalue weighted by Gasteiger charge is -2.17. The van der Waals surface area contributed by atoms with Crippen molar-refractivity contribution in [3.05, 3.63) is 107 Å². The van der Waals surface area contributed by atoms with Crippen molar-refractivity contribution in [3.63, 3.8) is 0 Å². The molecular formula is C25H20N2O. The number of hydrogen-bond donors (Lipinski definition) is 0. The van der Waals surface area contributed by atoms with Gasteiger partial charge < -0.3 is 4.90 Å². The number of nitrogens with zero attached hydrogens (tertiary/aromatic N) is 2. The van der Waals surface area contributed by atoms with E-state index >= 15 is 0 Å². The fraction of sp³-hybridized carbons (Fsp3) is 0.120. The number of allylic oxidation sites excluding steroid dienone is 1. The molecule has 0 bridgehead atoms. The van der Waals surface area contributed by atoms with Crippen LogP contribution in [0.5, 0.6) is 0 Å². The lowest BCUT2D eigenvalue weighted by molar-refractivity contribution is 0.105. The Morgan fingerprint density at radius 1 is 1.00 bits per heavy atom. The highest BCUT2D eigenvalue weighted by Crippen LogP contribution is 2.31. The number of hydrogen-bond acceptors (Lipinski definition) is 3. The molecule has 0 aromatic heterocycles. The fourth-order valence-corrected chi connectivity index (χ4v) is 3.58. The molecule has 0 spiro atoms. The highest BCUT2D eigenvalue weighted by Gasteiger charge is 2.21. The van der Waals surface area contributed by atoms with E-state index in [0.717, 1.165) is 24.2 Å². The van der Waals surface area contributed by atoms with Crippen LogP contribution < -0.4 is 4.90 Å². The zero-order valence-electron chi connectivity index (χ0n) is 15.7. The fourth-order valence-electron chi connectivity index (χ4n) is 3.58. The molecule has 28 heavy (non-hydrogen) atoms. The van der Waals surface area contributed by atoms with E-state index < -0.39 is 0 Å². The first-order valence-electron chi connectivity index (χ1n) is 9.34. The van der Waals surface area contributed by atoms with Crippen molar-refractivity contribution >= 4 is 17.0 Å². The van der Waals surface area contributed by atoms with Crippen LogP contribution in [0.25, 0.3) is 5.57 Å². The number of anilines is 1. The summed E-state index contributed by atoms with van der Waals surface area (Å²) in [4.78, 5) is 15.5. The minimum atomic E-state index is -0.0451. The average Bonchev–Trinajstić information content (AvgIpc) is 3.14. The van der Waals surface area contributed by atoms with Gasteiger partial charge >= 0.3 is 0 Å². The standard InChI is InChI=1S/C25H20N2O/c1-18-7-12-24-22(15-18)13-14-27(24)17-23(20-5-3-2-4-6-20)25(28)21-10-8-19(16-26)9-11-21/h2-12,15,17H,13-14H2,1H3/b23-17+. The predicted molar refractivity (Wildman–Crippen MR) is 112 cm³/mol. The minimum Gasteiger partial charge on any atom is -0.347 e. The smallest absolute Gasteiger partial charge is 0.195 e. The maximum Gasteiger partial charge on any atom is 0.195 e. The van der Waals surface area contributed by atoms with Crippen molar-refractivity contribution < 1.29 is 4.79 Å². The van der Waals surface area contributed by atoms with Gasteiger partial charge in [0.05, 0.1) is 11.6 Å². The molecule has 0 radical (unpaired) electrons. The second kappa shape index (κ2) is 7.54. The Bertz CT molecular complexity index is 1090. The Balaban J connectivity index is 1.76. The molecule has 0 saturated heterocycles. The number of benzene rings is 3. The van der Waals surface area contributed by atoms with Crippen LogP contribution >= 0.6 is 0 Å². The number of aryl methyl sites for hydroxylation is 1. The summed E-state index contributed by atoms with van der Waals surface area (Å²) in [5.41, 5.74) is 6.39. The maximum atomic E-state index is 13.3. The van der Waals surface area contributed by atoms with Gasteiger partial charge in [0.2, 0.25) is 0 Å². The third-order valence-corrected chi connectivity index (χ3v) is 5.06. The number of nitriles is 1. The van der Waals surface area contributed by atoms with Gasteiger partial charge in [-0.2, -0.15) is 5.26 Å². The first-order valence-corrected chi connectivity index (χ1v) is 9.34. The lowest BCUT2D eigenvalue weighted by Crippen LogP contribution is -2.15. The molecule has 1 aliphatic rings. The summed E-state index contributed by atoms with van der Waals surface area (Å²) in [5, 5.41) is 9.00. The van der Waals surface area contributed by atoms with Crippen LogP contribution in [0.2, 0.25) is 0 Å². The Hall–Kier alpha value is -3.64. The van der Waals surface area contributed by atoms with Gasteiger partial charge in [0.15, 0.2) is 5.78 Å². The molecule has 3 heteroatoms. The highest BCUT2D eigenvalue weighted by molar-refractivity contribution is 6.29. The SMILES string of the molecule is Cc1ccc2c(c1)CCN2/C=C(/C(=O)c1ccc(C#N)cc1)c1ccccc1. The average molecular weight is 364 g/mol. The van der Waals surface area contributed by atoms with Crippen LogP contribution in [0.4, 0.5) is 5.69 Å². The predicted octanol–water partition coefficient (Wildman–Crippen LogP) is 5.15. The van der Waals surface area contributed by atoms with Crippen molar-refractivity contribution in [3.8, 4) is 6.07 Å². The van der Waals surface area contributed by atoms with Crippen LogP contribution in [0, 0.1) is 18.3 Å². The van der Waals surface area contributed by atoms with Crippen LogP contribution in [-0.4, -0.2) is 12.3 Å². The third kappa shape index (κ3) is 3.45. The summed E-state index contributed by atoms with van der Waals surface area (Å²) in [6.45, 7) is 2.96. The molecule has 136 valence electrons. The van der Waals surface area contributed by atoms with E-state index in [9.17, 15) is 4.79 Å². The monoisotopic (exact) mass is 364 g/mol. The molecule has 3 nitrogen and oxygen atoms in total. The molecule has 0 atom stereocenters. The number of fused-ring (bicyclic) bond motifs is 1. The molecule has 0 fully saturated rings. The Labute approximate surface area is 165 Å². The van der Waals surface area contributed by atoms with Gasteiger partial charge in [-0.15, -0.1) is 0 Å². The van der Waals surface area contributed by atoms with Crippen LogP contribution in [0.15, 0.2) is 79.0 Å². The molecule has 1 aliphatic heterocycles. The van der Waals surface area contributed by atoms with Gasteiger partial charge in [-0.3, -0.25) is 4.79 Å². The number of ketones is 1. The van der Waals surface area contributed by atoms with E-state index in [1.165, 1.54) is 11.1 Å². The van der Waals surface area contributed by atoms with Gasteiger partial charge in [-0.25, -0.2) is 0 Å². The van der Waals surface area contributed by atoms with E-state index in [1.807, 2.05) is 36.5 Å². The van der Waals surface area contributed by atoms with Crippen molar-refractivity contribution in [1.29, 1.82) is 5.26 Å². The van der Waals surface area contributed by atoms with E-state index in [1.54, 1.807) is 24.3 Å². The van der Waals surface area contributed by atoms with Gasteiger partial charge in [0.25, 0.3) is 0 Å². The molecule has 0 saturated carbocycles. The topological polar surface area (TPSA) is 44.1 Å². The second-order valence-corrected chi connectivity index (χ2v) is 7.00. The highest BCUT2D eigenvalue weighted by atomic mass is 16.1. The van der Waals surface area contributed by atoms with Gasteiger partial charge in [-0.05, 0) is 54.8 Å². The molecule has 4 rings (SSSR count). The summed E-state index contributed by atoms with van der Waals surface area (Å²) in [6, 6.07) is 25.1. The first-order chi connectivity index (χ1) is 13.7. The summed E-state index contributed by atoms with van der Waals surface area (Å²) >= 11 is 0. The summed E-state index contributed by atoms with van der Waals surface area (Å²) in [5.74, 6) is -0.0451. The Morgan fingerprint density at radius 2 is 1.75 bits per heavy atom. The van der Waals surface area contributed by atoms with Crippen LogP contribution in [0.3, 0.4) is 0 Å². The number of carbonyl (C=O) groups excluding carboxylic acids is 1. The first kappa shape index (κ1) is 17.8. The summed E-state index contributed by atoms with van der Waals surface area (Å²) in [6.07, 6.45) is 2.94. The van der Waals surface area contributed by atoms with E-state index in [0.29, 0.717) is 16.7 Å². The molecule has 0 N–H and O–H groups in total. The van der Waals surface area contributed by atoms with Gasteiger partial charge in [-0.1, -0.05) is 48.0 Å². The zero-order valence-corrected chi connectivity index (χ0v) is 15.7. The van der Waals surface area contributed by atoms with Gasteiger partial charge in [0, 0.05) is 29.6 Å². The molecule has 3 aromatic rings. The summed E-state index contributed by atoms with van der Waals surface area (Å²) in [7, 11) is 0. The van der Waals surface area contributed by atoms with Gasteiger partial charge in [0.1, 0.15) is 0 Å². The van der Waals surface area contributed by atoms with Crippen molar-refractivity contribution in [2.45, 2.75) is 13.3 Å². The van der Waals surface area contributed by atoms with E-state index in [4.69, 9.17) is 5.26 Å². The quantitative estimate of drug-likeness (QED) is 0.475. The van der Waals surface area contributed by atoms with Crippen LogP contribution in [0.1, 0.15) is 32.6 Å². The molecular weight excluding hydrogens is 344 g/mol. The van der Waals surface area contributed by atoms with Crippen molar-refractivity contribution in [2.24, 2.45) is 0 Å². The minimum absolute atomic E-state index is 0.0451. The number of carbonyl (C=O) groups is 1. The molecule has 3 aromatic carbocycles. The molecule has 1 heterocycles. The Kier molecular flexibility index (Phi) is 4.78. The second-order valence-electron chi connectivity index (χ2n) is 7.00. The van der Waals surface area contributed by atoms with Crippen LogP contribution in [-0.2, 0) is 6.42 Å². The summed E-state index contributed by atoms with van der Waals surface area (Å²) < 4.78 is 0. The van der Waals surface area contributed by atoms with Crippen molar-refractivity contribution in [2.75, 3.05) is 11.4 Å². The Morgan fingerprint density at radius 3 is 2.46 bits per heavy atom. The maximum absolute atomic E-state index is 13.3. The zero-order chi connectivity index (χ0) is 19.5. The van der Waals surface area contributed by atoms with E-state index in [2.05, 4.69) is 36.1 Å². The van der Waals surface area contributed by atoms with E-state index in [-0.39, 0.29) is 5.78 Å².